The van der Waals surface area contributed by atoms with Crippen LogP contribution < -0.4 is 10.6 Å². The van der Waals surface area contributed by atoms with E-state index in [1.165, 1.54) is 38.9 Å². The van der Waals surface area contributed by atoms with E-state index in [1.807, 2.05) is 0 Å². The van der Waals surface area contributed by atoms with E-state index in [9.17, 15) is 4.79 Å². The lowest BCUT2D eigenvalue weighted by Crippen LogP contribution is -2.36. The third-order valence-electron chi connectivity index (χ3n) is 3.30. The summed E-state index contributed by atoms with van der Waals surface area (Å²) in [5.74, 6) is 0.957. The van der Waals surface area contributed by atoms with E-state index in [2.05, 4.69) is 22.5 Å². The highest BCUT2D eigenvalue weighted by molar-refractivity contribution is 5.77. The molecule has 1 atom stereocenters. The Kier molecular flexibility index (Phi) is 7.21. The van der Waals surface area contributed by atoms with Crippen molar-refractivity contribution in [3.05, 3.63) is 0 Å². The normalized spacial score (nSPS) is 21.4. The molecule has 0 aromatic heterocycles. The Bertz CT molecular complexity index is 221. The van der Waals surface area contributed by atoms with Crippen molar-refractivity contribution in [1.82, 2.24) is 15.5 Å². The van der Waals surface area contributed by atoms with Gasteiger partial charge >= 0.3 is 0 Å². The third kappa shape index (κ3) is 6.64. The van der Waals surface area contributed by atoms with Gasteiger partial charge in [0.25, 0.3) is 0 Å². The van der Waals surface area contributed by atoms with Gasteiger partial charge in [-0.2, -0.15) is 0 Å². The van der Waals surface area contributed by atoms with Crippen LogP contribution in [0.1, 0.15) is 32.6 Å². The van der Waals surface area contributed by atoms with Gasteiger partial charge in [-0.1, -0.05) is 6.92 Å². The molecule has 1 heterocycles. The first-order chi connectivity index (χ1) is 8.22. The lowest BCUT2D eigenvalue weighted by molar-refractivity contribution is -0.120. The van der Waals surface area contributed by atoms with E-state index >= 15 is 0 Å². The fourth-order valence-electron chi connectivity index (χ4n) is 2.40. The highest BCUT2D eigenvalue weighted by Crippen LogP contribution is 2.15. The van der Waals surface area contributed by atoms with Crippen molar-refractivity contribution < 1.29 is 4.79 Å². The minimum Gasteiger partial charge on any atom is -0.355 e. The molecule has 0 aromatic rings. The van der Waals surface area contributed by atoms with E-state index < -0.39 is 0 Å². The van der Waals surface area contributed by atoms with E-state index in [4.69, 9.17) is 0 Å². The molecule has 1 aliphatic rings. The number of carbonyl (C=O) groups is 1. The van der Waals surface area contributed by atoms with Crippen molar-refractivity contribution in [1.29, 1.82) is 0 Å². The highest BCUT2D eigenvalue weighted by atomic mass is 16.1. The van der Waals surface area contributed by atoms with Gasteiger partial charge in [0.05, 0.1) is 6.54 Å². The Hall–Kier alpha value is -0.610. The van der Waals surface area contributed by atoms with Crippen LogP contribution in [0.2, 0.25) is 0 Å². The van der Waals surface area contributed by atoms with E-state index in [1.54, 1.807) is 7.05 Å². The second kappa shape index (κ2) is 8.48. The number of nitrogens with zero attached hydrogens (tertiary/aromatic N) is 1. The zero-order valence-corrected chi connectivity index (χ0v) is 11.3. The molecule has 17 heavy (non-hydrogen) atoms. The lowest BCUT2D eigenvalue weighted by Gasteiger charge is -2.30. The van der Waals surface area contributed by atoms with Crippen molar-refractivity contribution >= 4 is 5.91 Å². The second-order valence-corrected chi connectivity index (χ2v) is 5.14. The monoisotopic (exact) mass is 241 g/mol. The van der Waals surface area contributed by atoms with Crippen molar-refractivity contribution in [2.24, 2.45) is 5.92 Å². The zero-order valence-electron chi connectivity index (χ0n) is 11.3. The number of amides is 1. The predicted octanol–water partition coefficient (Wildman–Crippen LogP) is 0.834. The first-order valence-corrected chi connectivity index (χ1v) is 6.86. The maximum Gasteiger partial charge on any atom is 0.233 e. The average Bonchev–Trinajstić information content (AvgIpc) is 2.29. The number of carbonyl (C=O) groups excluding carboxylic acids is 1. The Labute approximate surface area is 105 Å². The first-order valence-electron chi connectivity index (χ1n) is 6.86. The van der Waals surface area contributed by atoms with Gasteiger partial charge in [-0.15, -0.1) is 0 Å². The largest absolute Gasteiger partial charge is 0.355 e. The van der Waals surface area contributed by atoms with Crippen molar-refractivity contribution in [2.75, 3.05) is 39.8 Å². The fraction of sp³-hybridized carbons (Fsp3) is 0.923. The van der Waals surface area contributed by atoms with E-state index in [-0.39, 0.29) is 5.91 Å². The summed E-state index contributed by atoms with van der Waals surface area (Å²) in [6.07, 6.45) is 5.00. The predicted molar refractivity (Wildman–Crippen MR) is 71.0 cm³/mol. The molecular formula is C13H27N3O. The molecule has 0 bridgehead atoms. The number of hydrogen-bond acceptors (Lipinski definition) is 3. The maximum absolute atomic E-state index is 11.2. The second-order valence-electron chi connectivity index (χ2n) is 5.14. The third-order valence-corrected chi connectivity index (χ3v) is 3.30. The van der Waals surface area contributed by atoms with Crippen LogP contribution in [0.3, 0.4) is 0 Å². The summed E-state index contributed by atoms with van der Waals surface area (Å²) in [6, 6.07) is 0. The Balaban J connectivity index is 1.95. The number of unbranched alkanes of at least 4 members (excludes halogenated alkanes) is 1. The van der Waals surface area contributed by atoms with Crippen molar-refractivity contribution in [2.45, 2.75) is 32.6 Å². The van der Waals surface area contributed by atoms with Crippen LogP contribution >= 0.6 is 0 Å². The first kappa shape index (κ1) is 14.5. The molecule has 0 radical (unpaired) electrons. The minimum absolute atomic E-state index is 0.0964. The van der Waals surface area contributed by atoms with Gasteiger partial charge in [0.1, 0.15) is 0 Å². The molecule has 1 aliphatic heterocycles. The molecule has 0 saturated carbocycles. The van der Waals surface area contributed by atoms with Crippen LogP contribution in [0, 0.1) is 5.92 Å². The molecular weight excluding hydrogens is 214 g/mol. The molecule has 100 valence electrons. The Morgan fingerprint density at radius 2 is 2.24 bits per heavy atom. The molecule has 4 nitrogen and oxygen atoms in total. The highest BCUT2D eigenvalue weighted by Gasteiger charge is 2.15. The van der Waals surface area contributed by atoms with Gasteiger partial charge < -0.3 is 15.5 Å². The van der Waals surface area contributed by atoms with Gasteiger partial charge in [0.15, 0.2) is 0 Å². The summed E-state index contributed by atoms with van der Waals surface area (Å²) >= 11 is 0. The number of likely N-dealkylation sites (tertiary alicyclic amines) is 1. The van der Waals surface area contributed by atoms with E-state index in [0.29, 0.717) is 6.54 Å². The van der Waals surface area contributed by atoms with Crippen molar-refractivity contribution in [3.8, 4) is 0 Å². The van der Waals surface area contributed by atoms with Crippen molar-refractivity contribution in [3.63, 3.8) is 0 Å². The summed E-state index contributed by atoms with van der Waals surface area (Å²) in [6.45, 7) is 7.27. The van der Waals surface area contributed by atoms with Gasteiger partial charge in [-0.3, -0.25) is 4.79 Å². The quantitative estimate of drug-likeness (QED) is 0.649. The summed E-state index contributed by atoms with van der Waals surface area (Å²) in [5, 5.41) is 5.75. The molecule has 1 saturated heterocycles. The van der Waals surface area contributed by atoms with Gasteiger partial charge in [0.2, 0.25) is 5.91 Å². The summed E-state index contributed by atoms with van der Waals surface area (Å²) in [7, 11) is 1.79. The van der Waals surface area contributed by atoms with Crippen LogP contribution in [-0.4, -0.2) is 50.6 Å². The lowest BCUT2D eigenvalue weighted by atomic mass is 10.0. The number of rotatable bonds is 7. The number of piperidine rings is 1. The van der Waals surface area contributed by atoms with E-state index in [0.717, 1.165) is 18.9 Å². The molecule has 1 amide bonds. The van der Waals surface area contributed by atoms with Crippen LogP contribution in [0.4, 0.5) is 0 Å². The molecule has 0 aliphatic carbocycles. The number of hydrogen-bond donors (Lipinski definition) is 2. The molecule has 0 aromatic carbocycles. The molecule has 2 N–H and O–H groups in total. The fourth-order valence-corrected chi connectivity index (χ4v) is 2.40. The standard InChI is InChI=1S/C13H27N3O/c1-12-6-5-9-16(11-12)8-4-3-7-15-13(17)10-14-2/h12,14H,3-11H2,1-2H3,(H,15,17). The molecule has 0 spiro atoms. The molecule has 1 unspecified atom stereocenters. The average molecular weight is 241 g/mol. The summed E-state index contributed by atoms with van der Waals surface area (Å²) < 4.78 is 0. The Morgan fingerprint density at radius 3 is 2.94 bits per heavy atom. The van der Waals surface area contributed by atoms with Gasteiger partial charge in [-0.25, -0.2) is 0 Å². The summed E-state index contributed by atoms with van der Waals surface area (Å²) in [5.41, 5.74) is 0. The van der Waals surface area contributed by atoms with Crippen LogP contribution in [0.5, 0.6) is 0 Å². The molecule has 4 heteroatoms. The molecule has 1 rings (SSSR count). The summed E-state index contributed by atoms with van der Waals surface area (Å²) in [4.78, 5) is 13.7. The SMILES string of the molecule is CNCC(=O)NCCCCN1CCCC(C)C1. The smallest absolute Gasteiger partial charge is 0.233 e. The van der Waals surface area contributed by atoms with Crippen LogP contribution in [0.15, 0.2) is 0 Å². The number of nitrogens with one attached hydrogen (secondary N) is 2. The minimum atomic E-state index is 0.0964. The van der Waals surface area contributed by atoms with Crippen LogP contribution in [0.25, 0.3) is 0 Å². The van der Waals surface area contributed by atoms with Gasteiger partial charge in [0, 0.05) is 13.1 Å². The maximum atomic E-state index is 11.2. The molecule has 1 fully saturated rings. The topological polar surface area (TPSA) is 44.4 Å². The zero-order chi connectivity index (χ0) is 12.5. The van der Waals surface area contributed by atoms with Crippen LogP contribution in [-0.2, 0) is 4.79 Å². The van der Waals surface area contributed by atoms with Gasteiger partial charge in [-0.05, 0) is 51.7 Å². The Morgan fingerprint density at radius 1 is 1.41 bits per heavy atom. The number of likely N-dealkylation sites (N-methyl/N-ethyl adjacent to an activating group) is 1.